The summed E-state index contributed by atoms with van der Waals surface area (Å²) in [4.78, 5) is 30.8. The summed E-state index contributed by atoms with van der Waals surface area (Å²) in [6.07, 6.45) is 0.730. The van der Waals surface area contributed by atoms with Gasteiger partial charge in [-0.05, 0) is 78.3 Å². The Kier molecular flexibility index (Phi) is 7.81. The number of anilines is 3. The van der Waals surface area contributed by atoms with Crippen LogP contribution < -0.4 is 21.1 Å². The Morgan fingerprint density at radius 2 is 1.84 bits per heavy atom. The van der Waals surface area contributed by atoms with Gasteiger partial charge in [0.1, 0.15) is 11.6 Å². The Bertz CT molecular complexity index is 1590. The largest absolute Gasteiger partial charge is 0.339 e. The van der Waals surface area contributed by atoms with Gasteiger partial charge in [-0.2, -0.15) is 0 Å². The lowest BCUT2D eigenvalue weighted by atomic mass is 10.0. The molecule has 1 aliphatic rings. The molecule has 0 saturated heterocycles. The van der Waals surface area contributed by atoms with Crippen molar-refractivity contribution in [1.82, 2.24) is 10.0 Å². The number of amides is 1. The first-order valence-electron chi connectivity index (χ1n) is 11.4. The van der Waals surface area contributed by atoms with E-state index in [1.165, 1.54) is 50.6 Å². The zero-order chi connectivity index (χ0) is 27.8. The molecule has 202 valence electrons. The summed E-state index contributed by atoms with van der Waals surface area (Å²) in [5, 5.41) is 2.79. The zero-order valence-electron chi connectivity index (χ0n) is 20.7. The van der Waals surface area contributed by atoms with Crippen molar-refractivity contribution in [2.24, 2.45) is 7.05 Å². The van der Waals surface area contributed by atoms with Crippen molar-refractivity contribution in [3.8, 4) is 0 Å². The Morgan fingerprint density at radius 3 is 2.47 bits per heavy atom. The van der Waals surface area contributed by atoms with Crippen LogP contribution >= 0.6 is 22.6 Å². The minimum absolute atomic E-state index is 0.00642. The normalized spacial score (nSPS) is 14.2. The van der Waals surface area contributed by atoms with Crippen molar-refractivity contribution < 1.29 is 26.8 Å². The second-order valence-corrected chi connectivity index (χ2v) is 12.6. The van der Waals surface area contributed by atoms with E-state index >= 15 is 4.39 Å². The molecule has 3 aromatic rings. The minimum Gasteiger partial charge on any atom is -0.339 e. The van der Waals surface area contributed by atoms with E-state index in [-0.39, 0.29) is 40.3 Å². The maximum Gasteiger partial charge on any atom is 0.278 e. The number of carbonyl (C=O) groups is 1. The summed E-state index contributed by atoms with van der Waals surface area (Å²) in [7, 11) is -1.17. The molecule has 0 spiro atoms. The molecular weight excluding hydrogens is 633 g/mol. The number of pyridine rings is 1. The molecule has 3 N–H and O–H groups in total. The molecule has 2 aromatic carbocycles. The lowest BCUT2D eigenvalue weighted by molar-refractivity contribution is 0.0538. The van der Waals surface area contributed by atoms with E-state index in [1.807, 2.05) is 22.6 Å². The number of aromatic nitrogens is 1. The molecule has 1 fully saturated rings. The standard InChI is InChI=1S/C25H25F2IN4O5S/c1-25(9-10-25)38(35,36)31-20-6-4-5-14(21(20)27)11-15-12-17(23(33)30-37-3)22(32(2)24(15)34)29-19-8-7-16(28)13-18(19)26/h4-8,12-13,29,31H,9-11H2,1-3H3,(H,30,33). The fourth-order valence-corrected chi connectivity index (χ4v) is 5.62. The van der Waals surface area contributed by atoms with E-state index in [0.29, 0.717) is 16.4 Å². The van der Waals surface area contributed by atoms with Gasteiger partial charge in [0, 0.05) is 22.6 Å². The van der Waals surface area contributed by atoms with Gasteiger partial charge in [0.05, 0.1) is 28.8 Å². The van der Waals surface area contributed by atoms with Crippen LogP contribution in [0.5, 0.6) is 0 Å². The van der Waals surface area contributed by atoms with Gasteiger partial charge >= 0.3 is 0 Å². The van der Waals surface area contributed by atoms with Crippen molar-refractivity contribution in [1.29, 1.82) is 0 Å². The number of benzene rings is 2. The maximum absolute atomic E-state index is 15.4. The van der Waals surface area contributed by atoms with Gasteiger partial charge in [0.2, 0.25) is 10.0 Å². The summed E-state index contributed by atoms with van der Waals surface area (Å²) in [6.45, 7) is 1.59. The van der Waals surface area contributed by atoms with Crippen LogP contribution in [0.1, 0.15) is 41.3 Å². The van der Waals surface area contributed by atoms with E-state index in [2.05, 4.69) is 15.5 Å². The molecule has 0 aliphatic heterocycles. The van der Waals surface area contributed by atoms with Crippen LogP contribution in [-0.2, 0) is 28.3 Å². The van der Waals surface area contributed by atoms with Crippen LogP contribution in [0.3, 0.4) is 0 Å². The molecule has 4 rings (SSSR count). The van der Waals surface area contributed by atoms with Gasteiger partial charge in [-0.1, -0.05) is 12.1 Å². The van der Waals surface area contributed by atoms with Gasteiger partial charge in [-0.15, -0.1) is 0 Å². The molecule has 13 heteroatoms. The monoisotopic (exact) mass is 658 g/mol. The van der Waals surface area contributed by atoms with Crippen LogP contribution in [0.4, 0.5) is 26.0 Å². The second kappa shape index (κ2) is 10.6. The smallest absolute Gasteiger partial charge is 0.278 e. The molecule has 0 unspecified atom stereocenters. The number of hydroxylamine groups is 1. The first-order valence-corrected chi connectivity index (χ1v) is 14.0. The topological polar surface area (TPSA) is 119 Å². The van der Waals surface area contributed by atoms with Crippen molar-refractivity contribution in [3.05, 3.63) is 84.7 Å². The number of hydrogen-bond donors (Lipinski definition) is 3. The van der Waals surface area contributed by atoms with E-state index in [4.69, 9.17) is 4.84 Å². The molecule has 38 heavy (non-hydrogen) atoms. The van der Waals surface area contributed by atoms with Crippen molar-refractivity contribution >= 4 is 55.7 Å². The molecule has 1 aromatic heterocycles. The average molecular weight is 658 g/mol. The molecule has 9 nitrogen and oxygen atoms in total. The average Bonchev–Trinajstić information content (AvgIpc) is 3.62. The fraction of sp³-hybridized carbons (Fsp3) is 0.280. The van der Waals surface area contributed by atoms with E-state index in [1.54, 1.807) is 13.0 Å². The predicted octanol–water partition coefficient (Wildman–Crippen LogP) is 4.19. The quantitative estimate of drug-likeness (QED) is 0.235. The lowest BCUT2D eigenvalue weighted by Gasteiger charge is -2.18. The molecule has 0 bridgehead atoms. The maximum atomic E-state index is 15.4. The Balaban J connectivity index is 1.73. The number of hydrogen-bond acceptors (Lipinski definition) is 6. The van der Waals surface area contributed by atoms with Gasteiger partial charge in [0.15, 0.2) is 5.82 Å². The van der Waals surface area contributed by atoms with Crippen LogP contribution in [-0.4, -0.2) is 30.7 Å². The summed E-state index contributed by atoms with van der Waals surface area (Å²) in [5.74, 6) is -2.15. The second-order valence-electron chi connectivity index (χ2n) is 9.19. The summed E-state index contributed by atoms with van der Waals surface area (Å²) in [6, 6.07) is 9.89. The number of sulfonamides is 1. The summed E-state index contributed by atoms with van der Waals surface area (Å²) >= 11 is 1.95. The van der Waals surface area contributed by atoms with Gasteiger partial charge in [0.25, 0.3) is 11.5 Å². The number of nitrogens with one attached hydrogen (secondary N) is 3. The lowest BCUT2D eigenvalue weighted by Crippen LogP contribution is -2.30. The molecule has 0 radical (unpaired) electrons. The van der Waals surface area contributed by atoms with Crippen LogP contribution in [0, 0.1) is 15.2 Å². The van der Waals surface area contributed by atoms with E-state index < -0.39 is 37.9 Å². The highest BCUT2D eigenvalue weighted by Crippen LogP contribution is 2.43. The van der Waals surface area contributed by atoms with E-state index in [9.17, 15) is 22.4 Å². The predicted molar refractivity (Wildman–Crippen MR) is 148 cm³/mol. The third-order valence-electron chi connectivity index (χ3n) is 6.42. The van der Waals surface area contributed by atoms with Gasteiger partial charge in [-0.25, -0.2) is 22.7 Å². The number of rotatable bonds is 9. The molecule has 1 amide bonds. The highest BCUT2D eigenvalue weighted by molar-refractivity contribution is 14.1. The molecular formula is C25H25F2IN4O5S. The third kappa shape index (κ3) is 5.54. The Labute approximate surface area is 231 Å². The highest BCUT2D eigenvalue weighted by Gasteiger charge is 2.50. The highest BCUT2D eigenvalue weighted by atomic mass is 127. The van der Waals surface area contributed by atoms with Gasteiger partial charge in [-0.3, -0.25) is 23.7 Å². The van der Waals surface area contributed by atoms with Crippen LogP contribution in [0.15, 0.2) is 47.3 Å². The van der Waals surface area contributed by atoms with Gasteiger partial charge < -0.3 is 5.32 Å². The van der Waals surface area contributed by atoms with Crippen molar-refractivity contribution in [2.75, 3.05) is 17.1 Å². The molecule has 1 aliphatic carbocycles. The van der Waals surface area contributed by atoms with Crippen LogP contribution in [0.2, 0.25) is 0 Å². The van der Waals surface area contributed by atoms with Crippen molar-refractivity contribution in [2.45, 2.75) is 30.9 Å². The number of nitrogens with zero attached hydrogens (tertiary/aromatic N) is 1. The first-order chi connectivity index (χ1) is 17.9. The molecule has 1 saturated carbocycles. The number of carbonyl (C=O) groups excluding carboxylic acids is 1. The zero-order valence-corrected chi connectivity index (χ0v) is 23.7. The minimum atomic E-state index is -3.79. The fourth-order valence-electron chi connectivity index (χ4n) is 3.83. The van der Waals surface area contributed by atoms with Crippen LogP contribution in [0.25, 0.3) is 0 Å². The summed E-state index contributed by atoms with van der Waals surface area (Å²) < 4.78 is 58.2. The molecule has 1 heterocycles. The van der Waals surface area contributed by atoms with Crippen molar-refractivity contribution in [3.63, 3.8) is 0 Å². The first kappa shape index (κ1) is 28.0. The van der Waals surface area contributed by atoms with E-state index in [0.717, 1.165) is 4.57 Å². The summed E-state index contributed by atoms with van der Waals surface area (Å²) in [5.41, 5.74) is 1.47. The Hall–Kier alpha value is -3.04. The number of halogens is 3. The molecule has 0 atom stereocenters. The Morgan fingerprint density at radius 1 is 1.13 bits per heavy atom. The SMILES string of the molecule is CONC(=O)c1cc(Cc2cccc(NS(=O)(=O)C3(C)CC3)c2F)c(=O)n(C)c1Nc1ccc(I)cc1F. The third-order valence-corrected chi connectivity index (χ3v) is 9.28.